The van der Waals surface area contributed by atoms with Crippen LogP contribution in [0, 0.1) is 5.41 Å². The van der Waals surface area contributed by atoms with Gasteiger partial charge in [-0.1, -0.05) is 34.8 Å². The molecular weight excluding hydrogens is 298 g/mol. The van der Waals surface area contributed by atoms with Crippen LogP contribution < -0.4 is 16.0 Å². The van der Waals surface area contributed by atoms with Gasteiger partial charge in [0.2, 0.25) is 5.91 Å². The maximum Gasteiger partial charge on any atom is 0.242 e. The molecule has 1 amide bonds. The van der Waals surface area contributed by atoms with Crippen molar-refractivity contribution in [2.75, 3.05) is 6.61 Å². The summed E-state index contributed by atoms with van der Waals surface area (Å²) in [7, 11) is 0. The first-order chi connectivity index (χ1) is 8.27. The van der Waals surface area contributed by atoms with E-state index in [1.807, 2.05) is 0 Å². The van der Waals surface area contributed by atoms with Gasteiger partial charge in [-0.2, -0.15) is 0 Å². The lowest BCUT2D eigenvalue weighted by Gasteiger charge is -2.23. The smallest absolute Gasteiger partial charge is 0.242 e. The first-order valence-electron chi connectivity index (χ1n) is 5.06. The molecule has 4 nitrogen and oxygen atoms in total. The van der Waals surface area contributed by atoms with E-state index in [9.17, 15) is 4.79 Å². The Morgan fingerprint density at radius 1 is 1.33 bits per heavy atom. The van der Waals surface area contributed by atoms with E-state index in [2.05, 4.69) is 5.43 Å². The van der Waals surface area contributed by atoms with Crippen molar-refractivity contribution >= 4 is 40.7 Å². The number of ether oxygens (including phenoxy) is 1. The lowest BCUT2D eigenvalue weighted by atomic mass is 9.94. The maximum absolute atomic E-state index is 11.5. The van der Waals surface area contributed by atoms with Gasteiger partial charge in [0.05, 0.1) is 15.5 Å². The Hall–Kier alpha value is -0.680. The molecule has 0 spiro atoms. The zero-order chi connectivity index (χ0) is 13.9. The lowest BCUT2D eigenvalue weighted by molar-refractivity contribution is -0.130. The highest BCUT2D eigenvalue weighted by Crippen LogP contribution is 2.36. The van der Waals surface area contributed by atoms with Gasteiger partial charge in [0.15, 0.2) is 5.75 Å². The van der Waals surface area contributed by atoms with Crippen LogP contribution in [0.25, 0.3) is 0 Å². The van der Waals surface area contributed by atoms with Crippen molar-refractivity contribution in [3.05, 3.63) is 27.2 Å². The van der Waals surface area contributed by atoms with Gasteiger partial charge in [-0.25, -0.2) is 5.84 Å². The third-order valence-corrected chi connectivity index (χ3v) is 3.07. The molecule has 0 heterocycles. The molecule has 0 aliphatic carbocycles. The molecule has 18 heavy (non-hydrogen) atoms. The third kappa shape index (κ3) is 3.65. The van der Waals surface area contributed by atoms with E-state index in [0.717, 1.165) is 0 Å². The summed E-state index contributed by atoms with van der Waals surface area (Å²) in [6.07, 6.45) is 0. The highest BCUT2D eigenvalue weighted by Gasteiger charge is 2.28. The van der Waals surface area contributed by atoms with Gasteiger partial charge < -0.3 is 4.74 Å². The van der Waals surface area contributed by atoms with Crippen molar-refractivity contribution in [3.8, 4) is 5.75 Å². The van der Waals surface area contributed by atoms with Crippen LogP contribution in [0.2, 0.25) is 15.1 Å². The molecule has 3 N–H and O–H groups in total. The number of rotatable bonds is 4. The van der Waals surface area contributed by atoms with Gasteiger partial charge in [0, 0.05) is 5.02 Å². The Bertz CT molecular complexity index is 441. The maximum atomic E-state index is 11.5. The van der Waals surface area contributed by atoms with E-state index in [4.69, 9.17) is 45.4 Å². The molecule has 0 saturated carbocycles. The number of benzene rings is 1. The Balaban J connectivity index is 2.84. The quantitative estimate of drug-likeness (QED) is 0.510. The van der Waals surface area contributed by atoms with Gasteiger partial charge in [0.1, 0.15) is 6.61 Å². The van der Waals surface area contributed by atoms with E-state index < -0.39 is 5.41 Å². The molecule has 100 valence electrons. The average Bonchev–Trinajstić information content (AvgIpc) is 2.26. The number of carbonyl (C=O) groups excluding carboxylic acids is 1. The van der Waals surface area contributed by atoms with Crippen molar-refractivity contribution in [2.45, 2.75) is 13.8 Å². The Morgan fingerprint density at radius 2 is 1.83 bits per heavy atom. The monoisotopic (exact) mass is 310 g/mol. The molecule has 0 aromatic heterocycles. The molecule has 0 aliphatic heterocycles. The van der Waals surface area contributed by atoms with Crippen LogP contribution in [0.3, 0.4) is 0 Å². The largest absolute Gasteiger partial charge is 0.489 e. The number of halogens is 3. The second kappa shape index (κ2) is 5.97. The number of amides is 1. The number of hydrogen-bond donors (Lipinski definition) is 2. The van der Waals surface area contributed by atoms with E-state index in [0.29, 0.717) is 10.8 Å². The second-order valence-corrected chi connectivity index (χ2v) is 5.60. The second-order valence-electron chi connectivity index (χ2n) is 4.34. The van der Waals surface area contributed by atoms with Crippen LogP contribution in [-0.4, -0.2) is 12.5 Å². The number of hydrogen-bond acceptors (Lipinski definition) is 3. The van der Waals surface area contributed by atoms with Crippen LogP contribution in [0.4, 0.5) is 0 Å². The molecule has 0 bridgehead atoms. The van der Waals surface area contributed by atoms with Crippen LogP contribution >= 0.6 is 34.8 Å². The van der Waals surface area contributed by atoms with E-state index in [1.165, 1.54) is 12.1 Å². The number of nitrogens with two attached hydrogens (primary N) is 1. The fraction of sp³-hybridized carbons (Fsp3) is 0.364. The summed E-state index contributed by atoms with van der Waals surface area (Å²) in [5.41, 5.74) is 1.27. The molecule has 0 fully saturated rings. The first-order valence-corrected chi connectivity index (χ1v) is 6.19. The summed E-state index contributed by atoms with van der Waals surface area (Å²) < 4.78 is 5.47. The SMILES string of the molecule is CC(C)(COc1c(Cl)cc(Cl)cc1Cl)C(=O)NN. The van der Waals surface area contributed by atoms with Crippen molar-refractivity contribution in [1.29, 1.82) is 0 Å². The number of carbonyl (C=O) groups is 1. The topological polar surface area (TPSA) is 64.3 Å². The lowest BCUT2D eigenvalue weighted by Crippen LogP contribution is -2.44. The Labute approximate surface area is 120 Å². The van der Waals surface area contributed by atoms with Crippen LogP contribution in [0.15, 0.2) is 12.1 Å². The fourth-order valence-electron chi connectivity index (χ4n) is 1.18. The van der Waals surface area contributed by atoms with Crippen molar-refractivity contribution in [2.24, 2.45) is 11.3 Å². The molecule has 7 heteroatoms. The minimum absolute atomic E-state index is 0.0805. The van der Waals surface area contributed by atoms with E-state index in [1.54, 1.807) is 13.8 Å². The molecule has 1 aromatic carbocycles. The zero-order valence-corrected chi connectivity index (χ0v) is 12.2. The van der Waals surface area contributed by atoms with Gasteiger partial charge in [-0.3, -0.25) is 10.2 Å². The minimum Gasteiger partial charge on any atom is -0.489 e. The Kier molecular flexibility index (Phi) is 5.10. The summed E-state index contributed by atoms with van der Waals surface area (Å²) in [6.45, 7) is 3.46. The van der Waals surface area contributed by atoms with Crippen LogP contribution in [0.1, 0.15) is 13.8 Å². The zero-order valence-electron chi connectivity index (χ0n) is 9.89. The highest BCUT2D eigenvalue weighted by molar-refractivity contribution is 6.40. The molecule has 0 saturated heterocycles. The van der Waals surface area contributed by atoms with E-state index >= 15 is 0 Å². The molecular formula is C11H13Cl3N2O2. The Morgan fingerprint density at radius 3 is 2.28 bits per heavy atom. The highest BCUT2D eigenvalue weighted by atomic mass is 35.5. The fourth-order valence-corrected chi connectivity index (χ4v) is 2.11. The number of nitrogens with one attached hydrogen (secondary N) is 1. The van der Waals surface area contributed by atoms with Crippen molar-refractivity contribution in [1.82, 2.24) is 5.43 Å². The predicted octanol–water partition coefficient (Wildman–Crippen LogP) is 3.04. The summed E-state index contributed by atoms with van der Waals surface area (Å²) in [5, 5.41) is 0.990. The molecule has 1 rings (SSSR count). The molecule has 0 aliphatic rings. The molecule has 0 unspecified atom stereocenters. The van der Waals surface area contributed by atoms with Crippen LogP contribution in [-0.2, 0) is 4.79 Å². The standard InChI is InChI=1S/C11H13Cl3N2O2/c1-11(2,10(17)16-15)5-18-9-7(13)3-6(12)4-8(9)14/h3-4H,5,15H2,1-2H3,(H,16,17). The van der Waals surface area contributed by atoms with Crippen molar-refractivity contribution in [3.63, 3.8) is 0 Å². The van der Waals surface area contributed by atoms with Gasteiger partial charge in [0.25, 0.3) is 0 Å². The van der Waals surface area contributed by atoms with E-state index in [-0.39, 0.29) is 22.6 Å². The number of hydrazine groups is 1. The van der Waals surface area contributed by atoms with Gasteiger partial charge in [-0.05, 0) is 26.0 Å². The van der Waals surface area contributed by atoms with Crippen molar-refractivity contribution < 1.29 is 9.53 Å². The molecule has 1 aromatic rings. The molecule has 0 atom stereocenters. The normalized spacial score (nSPS) is 11.2. The summed E-state index contributed by atoms with van der Waals surface area (Å²) in [6, 6.07) is 3.03. The summed E-state index contributed by atoms with van der Waals surface area (Å²) >= 11 is 17.7. The molecule has 0 radical (unpaired) electrons. The predicted molar refractivity (Wildman–Crippen MR) is 73.1 cm³/mol. The average molecular weight is 312 g/mol. The summed E-state index contributed by atoms with van der Waals surface area (Å²) in [5.74, 6) is 5.03. The minimum atomic E-state index is -0.805. The van der Waals surface area contributed by atoms with Gasteiger partial charge in [-0.15, -0.1) is 0 Å². The third-order valence-electron chi connectivity index (χ3n) is 2.29. The first kappa shape index (κ1) is 15.4. The van der Waals surface area contributed by atoms with Crippen LogP contribution in [0.5, 0.6) is 5.75 Å². The van der Waals surface area contributed by atoms with Gasteiger partial charge >= 0.3 is 0 Å². The summed E-state index contributed by atoms with van der Waals surface area (Å²) in [4.78, 5) is 11.5.